The second-order valence-electron chi connectivity index (χ2n) is 17.8. The molecule has 0 fully saturated rings. The van der Waals surface area contributed by atoms with Gasteiger partial charge < -0.3 is 59.5 Å². The zero-order valence-electron chi connectivity index (χ0n) is 38.6. The van der Waals surface area contributed by atoms with Crippen molar-refractivity contribution in [3.63, 3.8) is 0 Å². The Bertz CT molecular complexity index is 2500. The molecule has 0 spiro atoms. The van der Waals surface area contributed by atoms with E-state index in [0.717, 1.165) is 27.4 Å². The molecule has 18 nitrogen and oxygen atoms in total. The van der Waals surface area contributed by atoms with Crippen LogP contribution >= 0.6 is 0 Å². The van der Waals surface area contributed by atoms with Gasteiger partial charge in [0, 0.05) is 60.0 Å². The van der Waals surface area contributed by atoms with Crippen LogP contribution in [0.1, 0.15) is 70.1 Å². The second-order valence-corrected chi connectivity index (χ2v) is 17.8. The first-order valence-corrected chi connectivity index (χ1v) is 22.7. The van der Waals surface area contributed by atoms with Crippen molar-refractivity contribution in [3.05, 3.63) is 108 Å². The number of rotatable bonds is 25. The lowest BCUT2D eigenvalue weighted by Gasteiger charge is -2.28. The minimum absolute atomic E-state index is 0.00118. The maximum atomic E-state index is 14.8. The lowest BCUT2D eigenvalue weighted by molar-refractivity contribution is -0.135. The van der Waals surface area contributed by atoms with Gasteiger partial charge >= 0.3 is 0 Å². The molecule has 15 N–H and O–H groups in total. The third-order valence-electron chi connectivity index (χ3n) is 11.4. The van der Waals surface area contributed by atoms with Crippen molar-refractivity contribution in [1.29, 1.82) is 0 Å². The van der Waals surface area contributed by atoms with Gasteiger partial charge in [0.1, 0.15) is 30.2 Å². The van der Waals surface area contributed by atoms with E-state index in [2.05, 4.69) is 41.5 Å². The van der Waals surface area contributed by atoms with Gasteiger partial charge in [0.2, 0.25) is 35.4 Å². The quantitative estimate of drug-likeness (QED) is 0.0232. The van der Waals surface area contributed by atoms with E-state index in [0.29, 0.717) is 24.0 Å². The van der Waals surface area contributed by atoms with E-state index in [1.807, 2.05) is 94.4 Å². The Morgan fingerprint density at radius 1 is 0.537 bits per heavy atom. The first kappa shape index (κ1) is 50.8. The van der Waals surface area contributed by atoms with Crippen molar-refractivity contribution in [2.45, 2.75) is 109 Å². The molecule has 67 heavy (non-hydrogen) atoms. The molecule has 5 rings (SSSR count). The summed E-state index contributed by atoms with van der Waals surface area (Å²) in [4.78, 5) is 94.1. The number of carbonyl (C=O) groups is 6. The number of para-hydroxylation sites is 2. The number of H-pyrrole nitrogens is 2. The molecule has 0 aliphatic heterocycles. The van der Waals surface area contributed by atoms with E-state index in [4.69, 9.17) is 22.9 Å². The highest BCUT2D eigenvalue weighted by Gasteiger charge is 2.34. The van der Waals surface area contributed by atoms with Gasteiger partial charge in [0.25, 0.3) is 0 Å². The fourth-order valence-corrected chi connectivity index (χ4v) is 7.96. The summed E-state index contributed by atoms with van der Waals surface area (Å²) in [6.07, 6.45) is 4.74. The monoisotopic (exact) mass is 919 g/mol. The molecule has 3 aromatic carbocycles. The van der Waals surface area contributed by atoms with Crippen LogP contribution in [-0.4, -0.2) is 94.2 Å². The summed E-state index contributed by atoms with van der Waals surface area (Å²) >= 11 is 0. The SMILES string of the molecule is CC(C)C[C@H](NC(=O)[C@H](CC(C)C)NC(=O)[C@@H](Cc1c[nH]c2ccccc12)NC(=O)[C@H](Cc1ccccc1)NC(=O)[C@@H](Cc1c[nH]c2ccccc12)NC(=O)[C@H](N)CCCN=C(N)N)C(N)=O. The summed E-state index contributed by atoms with van der Waals surface area (Å²) < 4.78 is 0. The van der Waals surface area contributed by atoms with E-state index in [1.54, 1.807) is 24.5 Å². The number of hydrogen-bond acceptors (Lipinski definition) is 8. The van der Waals surface area contributed by atoms with Gasteiger partial charge in [0.15, 0.2) is 5.96 Å². The van der Waals surface area contributed by atoms with Gasteiger partial charge in [-0.2, -0.15) is 0 Å². The number of nitrogens with zero attached hydrogens (tertiary/aromatic N) is 1. The molecule has 0 radical (unpaired) electrons. The molecule has 0 saturated carbocycles. The first-order chi connectivity index (χ1) is 32.0. The third kappa shape index (κ3) is 15.2. The first-order valence-electron chi connectivity index (χ1n) is 22.7. The maximum Gasteiger partial charge on any atom is 0.243 e. The maximum absolute atomic E-state index is 14.8. The van der Waals surface area contributed by atoms with Crippen LogP contribution in [0, 0.1) is 11.8 Å². The number of hydrogen-bond donors (Lipinski definition) is 11. The Morgan fingerprint density at radius 2 is 0.955 bits per heavy atom. The Kier molecular flexibility index (Phi) is 18.5. The smallest absolute Gasteiger partial charge is 0.243 e. The van der Waals surface area contributed by atoms with E-state index in [-0.39, 0.29) is 56.4 Å². The number of amides is 6. The van der Waals surface area contributed by atoms with Crippen molar-refractivity contribution in [3.8, 4) is 0 Å². The van der Waals surface area contributed by atoms with E-state index in [1.165, 1.54) is 0 Å². The number of nitrogens with one attached hydrogen (secondary N) is 7. The minimum atomic E-state index is -1.26. The molecule has 0 unspecified atom stereocenters. The molecule has 2 aromatic heterocycles. The number of aliphatic imine (C=N–C) groups is 1. The second kappa shape index (κ2) is 24.4. The summed E-state index contributed by atoms with van der Waals surface area (Å²) in [7, 11) is 0. The minimum Gasteiger partial charge on any atom is -0.370 e. The predicted octanol–water partition coefficient (Wildman–Crippen LogP) is 2.06. The largest absolute Gasteiger partial charge is 0.370 e. The summed E-state index contributed by atoms with van der Waals surface area (Å²) in [5, 5.41) is 15.9. The van der Waals surface area contributed by atoms with Gasteiger partial charge in [-0.05, 0) is 66.3 Å². The van der Waals surface area contributed by atoms with E-state index < -0.39 is 71.7 Å². The standard InChI is InChI=1S/C49H66N12O6/c1-28(2)21-38(43(51)62)57-45(64)39(22-29(3)4)59-48(67)42(25-32-27-56-37-19-11-9-16-34(32)37)61-46(65)40(23-30-13-6-5-7-14-30)60-47(66)41(24-31-26-55-36-18-10-8-15-33(31)36)58-44(63)35(50)17-12-20-54-49(52)53/h5-11,13-16,18-19,26-29,35,38-42,55-56H,12,17,20-25,50H2,1-4H3,(H2,51,62)(H,57,64)(H,58,63)(H,59,67)(H,60,66)(H,61,65)(H4,52,53,54)/t35-,38+,39+,40+,41-,42-/m1/s1. The molecule has 18 heteroatoms. The summed E-state index contributed by atoms with van der Waals surface area (Å²) in [5.41, 5.74) is 26.7. The molecule has 2 heterocycles. The van der Waals surface area contributed by atoms with E-state index in [9.17, 15) is 28.8 Å². The van der Waals surface area contributed by atoms with Crippen molar-refractivity contribution in [1.82, 2.24) is 36.6 Å². The molecule has 6 amide bonds. The lowest BCUT2D eigenvalue weighted by Crippen LogP contribution is -2.60. The third-order valence-corrected chi connectivity index (χ3v) is 11.4. The molecule has 0 saturated heterocycles. The summed E-state index contributed by atoms with van der Waals surface area (Å²) in [6.45, 7) is 7.85. The average Bonchev–Trinajstić information content (AvgIpc) is 3.90. The van der Waals surface area contributed by atoms with Crippen LogP contribution in [0.4, 0.5) is 0 Å². The fourth-order valence-electron chi connectivity index (χ4n) is 7.96. The zero-order valence-corrected chi connectivity index (χ0v) is 38.6. The van der Waals surface area contributed by atoms with Crippen LogP contribution < -0.4 is 49.5 Å². The lowest BCUT2D eigenvalue weighted by atomic mass is 9.98. The normalized spacial score (nSPS) is 14.1. The Labute approximate surface area is 390 Å². The van der Waals surface area contributed by atoms with Gasteiger partial charge in [-0.15, -0.1) is 0 Å². The van der Waals surface area contributed by atoms with E-state index >= 15 is 0 Å². The van der Waals surface area contributed by atoms with Crippen molar-refractivity contribution in [2.75, 3.05) is 6.54 Å². The Balaban J connectivity index is 1.46. The summed E-state index contributed by atoms with van der Waals surface area (Å²) in [6, 6.07) is 17.3. The molecule has 0 bridgehead atoms. The van der Waals surface area contributed by atoms with Crippen LogP contribution in [0.5, 0.6) is 0 Å². The van der Waals surface area contributed by atoms with Crippen LogP contribution in [0.15, 0.2) is 96.2 Å². The van der Waals surface area contributed by atoms with Gasteiger partial charge in [0.05, 0.1) is 6.04 Å². The zero-order chi connectivity index (χ0) is 48.6. The molecule has 0 aliphatic carbocycles. The number of guanidine groups is 1. The number of primary amides is 1. The molecule has 6 atom stereocenters. The number of aromatic nitrogens is 2. The Hall–Kier alpha value is -7.21. The highest BCUT2D eigenvalue weighted by atomic mass is 16.2. The predicted molar refractivity (Wildman–Crippen MR) is 260 cm³/mol. The van der Waals surface area contributed by atoms with Gasteiger partial charge in [-0.25, -0.2) is 0 Å². The van der Waals surface area contributed by atoms with Crippen LogP contribution in [0.25, 0.3) is 21.8 Å². The number of carbonyl (C=O) groups excluding carboxylic acids is 6. The molecule has 358 valence electrons. The highest BCUT2D eigenvalue weighted by Crippen LogP contribution is 2.21. The van der Waals surface area contributed by atoms with Crippen molar-refractivity contribution < 1.29 is 28.8 Å². The molecular formula is C49H66N12O6. The Morgan fingerprint density at radius 3 is 1.45 bits per heavy atom. The topological polar surface area (TPSA) is 311 Å². The highest BCUT2D eigenvalue weighted by molar-refractivity contribution is 5.97. The molecule has 0 aliphatic rings. The average molecular weight is 919 g/mol. The van der Waals surface area contributed by atoms with Crippen molar-refractivity contribution >= 4 is 63.2 Å². The number of fused-ring (bicyclic) bond motifs is 2. The molecular weight excluding hydrogens is 853 g/mol. The molecule has 5 aromatic rings. The van der Waals surface area contributed by atoms with Crippen LogP contribution in [0.2, 0.25) is 0 Å². The van der Waals surface area contributed by atoms with Crippen LogP contribution in [0.3, 0.4) is 0 Å². The number of benzene rings is 3. The fraction of sp³-hybridized carbons (Fsp3) is 0.408. The van der Waals surface area contributed by atoms with Crippen molar-refractivity contribution in [2.24, 2.45) is 39.8 Å². The number of aromatic amines is 2. The number of nitrogens with two attached hydrogens (primary N) is 4. The summed E-state index contributed by atoms with van der Waals surface area (Å²) in [5.74, 6) is -3.99. The van der Waals surface area contributed by atoms with Crippen LogP contribution in [-0.2, 0) is 48.0 Å². The van der Waals surface area contributed by atoms with Gasteiger partial charge in [-0.1, -0.05) is 94.4 Å². The van der Waals surface area contributed by atoms with Gasteiger partial charge in [-0.3, -0.25) is 33.8 Å².